The normalized spacial score (nSPS) is 18.6. The molecule has 1 atom stereocenters. The summed E-state index contributed by atoms with van der Waals surface area (Å²) in [4.78, 5) is 12.8. The monoisotopic (exact) mass is 380 g/mol. The van der Waals surface area contributed by atoms with E-state index in [0.29, 0.717) is 31.2 Å². The molecule has 1 aromatic carbocycles. The second-order valence-corrected chi connectivity index (χ2v) is 8.22. The van der Waals surface area contributed by atoms with Gasteiger partial charge in [0.05, 0.1) is 31.2 Å². The van der Waals surface area contributed by atoms with Crippen molar-refractivity contribution in [3.8, 4) is 0 Å². The number of halogens is 2. The van der Waals surface area contributed by atoms with Gasteiger partial charge in [0.2, 0.25) is 10.0 Å². The molecule has 0 saturated carbocycles. The summed E-state index contributed by atoms with van der Waals surface area (Å²) < 4.78 is 26.8. The number of amides is 1. The molecule has 2 rings (SSSR count). The molecule has 0 aromatic heterocycles. The van der Waals surface area contributed by atoms with Crippen LogP contribution in [0.5, 0.6) is 0 Å². The zero-order valence-corrected chi connectivity index (χ0v) is 15.3. The van der Waals surface area contributed by atoms with Gasteiger partial charge in [-0.2, -0.15) is 4.31 Å². The molecule has 0 unspecified atom stereocenters. The van der Waals surface area contributed by atoms with Crippen LogP contribution >= 0.6 is 23.2 Å². The summed E-state index contributed by atoms with van der Waals surface area (Å²) in [7, 11) is -2.09. The van der Waals surface area contributed by atoms with Gasteiger partial charge in [0.1, 0.15) is 4.90 Å². The first-order chi connectivity index (χ1) is 10.8. The summed E-state index contributed by atoms with van der Waals surface area (Å²) in [6.45, 7) is 3.63. The Morgan fingerprint density at radius 2 is 1.91 bits per heavy atom. The number of carbonyl (C=O) groups is 1. The molecular formula is C14H20Cl2N3O3S+. The van der Waals surface area contributed by atoms with Crippen LogP contribution < -0.4 is 10.2 Å². The molecule has 0 radical (unpaired) electrons. The number of nitrogens with zero attached hydrogens (tertiary/aromatic N) is 1. The first-order valence-electron chi connectivity index (χ1n) is 7.28. The molecule has 1 heterocycles. The fourth-order valence-electron chi connectivity index (χ4n) is 2.66. The highest BCUT2D eigenvalue weighted by Gasteiger charge is 2.35. The molecule has 0 aliphatic carbocycles. The number of hydrogen-bond donors (Lipinski definition) is 2. The fourth-order valence-corrected chi connectivity index (χ4v) is 4.84. The molecule has 128 valence electrons. The predicted molar refractivity (Wildman–Crippen MR) is 89.4 cm³/mol. The number of piperazine rings is 1. The average molecular weight is 381 g/mol. The topological polar surface area (TPSA) is 70.9 Å². The van der Waals surface area contributed by atoms with E-state index in [1.165, 1.54) is 16.4 Å². The second-order valence-electron chi connectivity index (χ2n) is 5.47. The predicted octanol–water partition coefficient (Wildman–Crippen LogP) is 0.0171. The molecule has 1 aliphatic heterocycles. The molecule has 23 heavy (non-hydrogen) atoms. The third-order valence-electron chi connectivity index (χ3n) is 4.13. The SMILES string of the molecule is CNC(=O)[C@@H](C)[NH+]1CCN(S(=O)(=O)c2cc(Cl)ccc2Cl)CC1. The third-order valence-corrected chi connectivity index (χ3v) is 6.74. The molecule has 1 saturated heterocycles. The van der Waals surface area contributed by atoms with Crippen molar-refractivity contribution in [2.45, 2.75) is 17.9 Å². The van der Waals surface area contributed by atoms with Crippen molar-refractivity contribution in [1.82, 2.24) is 9.62 Å². The Morgan fingerprint density at radius 3 is 2.48 bits per heavy atom. The van der Waals surface area contributed by atoms with E-state index in [0.717, 1.165) is 4.90 Å². The summed E-state index contributed by atoms with van der Waals surface area (Å²) in [5.74, 6) is -0.0470. The van der Waals surface area contributed by atoms with Gasteiger partial charge in [0.25, 0.3) is 5.91 Å². The van der Waals surface area contributed by atoms with E-state index >= 15 is 0 Å². The number of rotatable bonds is 4. The van der Waals surface area contributed by atoms with E-state index in [-0.39, 0.29) is 21.9 Å². The van der Waals surface area contributed by atoms with Crippen LogP contribution in [0.2, 0.25) is 10.0 Å². The standard InChI is InChI=1S/C14H19Cl2N3O3S/c1-10(14(20)17-2)18-5-7-19(8-6-18)23(21,22)13-9-11(15)3-4-12(13)16/h3-4,9-10H,5-8H2,1-2H3,(H,17,20)/p+1/t10-/m1/s1. The van der Waals surface area contributed by atoms with Crippen LogP contribution in [0.4, 0.5) is 0 Å². The summed E-state index contributed by atoms with van der Waals surface area (Å²) in [6, 6.07) is 4.19. The minimum Gasteiger partial charge on any atom is -0.354 e. The number of quaternary nitrogens is 1. The lowest BCUT2D eigenvalue weighted by molar-refractivity contribution is -0.917. The van der Waals surface area contributed by atoms with Crippen molar-refractivity contribution in [2.75, 3.05) is 33.2 Å². The van der Waals surface area contributed by atoms with Crippen LogP contribution in [0.15, 0.2) is 23.1 Å². The van der Waals surface area contributed by atoms with Gasteiger partial charge >= 0.3 is 0 Å². The molecule has 2 N–H and O–H groups in total. The maximum Gasteiger partial charge on any atom is 0.277 e. The summed E-state index contributed by atoms with van der Waals surface area (Å²) in [6.07, 6.45) is 0. The Kier molecular flexibility index (Phi) is 5.91. The molecule has 6 nitrogen and oxygen atoms in total. The van der Waals surface area contributed by atoms with Crippen molar-refractivity contribution < 1.29 is 18.1 Å². The van der Waals surface area contributed by atoms with E-state index in [9.17, 15) is 13.2 Å². The highest BCUT2D eigenvalue weighted by atomic mass is 35.5. The van der Waals surface area contributed by atoms with Gasteiger partial charge in [-0.3, -0.25) is 4.79 Å². The van der Waals surface area contributed by atoms with Crippen LogP contribution in [0, 0.1) is 0 Å². The van der Waals surface area contributed by atoms with Gasteiger partial charge < -0.3 is 10.2 Å². The number of benzene rings is 1. The molecular weight excluding hydrogens is 361 g/mol. The summed E-state index contributed by atoms with van der Waals surface area (Å²) >= 11 is 11.9. The highest BCUT2D eigenvalue weighted by Crippen LogP contribution is 2.27. The van der Waals surface area contributed by atoms with Crippen LogP contribution in [-0.4, -0.2) is 57.9 Å². The number of sulfonamides is 1. The van der Waals surface area contributed by atoms with E-state index in [1.807, 2.05) is 6.92 Å². The Balaban J connectivity index is 2.13. The minimum absolute atomic E-state index is 0.0227. The molecule has 1 aliphatic rings. The number of hydrogen-bond acceptors (Lipinski definition) is 3. The van der Waals surface area contributed by atoms with Gasteiger partial charge in [-0.25, -0.2) is 8.42 Å². The lowest BCUT2D eigenvalue weighted by atomic mass is 10.2. The minimum atomic E-state index is -3.69. The number of carbonyl (C=O) groups excluding carboxylic acids is 1. The van der Waals surface area contributed by atoms with E-state index in [2.05, 4.69) is 5.32 Å². The Bertz CT molecular complexity index is 689. The fraction of sp³-hybridized carbons (Fsp3) is 0.500. The van der Waals surface area contributed by atoms with Crippen molar-refractivity contribution >= 4 is 39.1 Å². The van der Waals surface area contributed by atoms with Gasteiger partial charge in [0.15, 0.2) is 6.04 Å². The molecule has 1 aromatic rings. The highest BCUT2D eigenvalue weighted by molar-refractivity contribution is 7.89. The van der Waals surface area contributed by atoms with E-state index in [1.54, 1.807) is 13.1 Å². The van der Waals surface area contributed by atoms with Gasteiger partial charge in [-0.05, 0) is 25.1 Å². The Labute approximate surface area is 146 Å². The van der Waals surface area contributed by atoms with Crippen molar-refractivity contribution in [2.24, 2.45) is 0 Å². The zero-order chi connectivity index (χ0) is 17.2. The van der Waals surface area contributed by atoms with Gasteiger partial charge in [-0.15, -0.1) is 0 Å². The molecule has 0 bridgehead atoms. The van der Waals surface area contributed by atoms with Crippen molar-refractivity contribution in [3.63, 3.8) is 0 Å². The maximum absolute atomic E-state index is 12.7. The van der Waals surface area contributed by atoms with Crippen LogP contribution in [0.3, 0.4) is 0 Å². The van der Waals surface area contributed by atoms with E-state index in [4.69, 9.17) is 23.2 Å². The van der Waals surface area contributed by atoms with Crippen LogP contribution in [0.25, 0.3) is 0 Å². The lowest BCUT2D eigenvalue weighted by Gasteiger charge is -2.34. The first-order valence-corrected chi connectivity index (χ1v) is 9.48. The molecule has 9 heteroatoms. The number of nitrogens with one attached hydrogen (secondary N) is 2. The van der Waals surface area contributed by atoms with E-state index < -0.39 is 10.0 Å². The third kappa shape index (κ3) is 3.97. The lowest BCUT2D eigenvalue weighted by Crippen LogP contribution is -3.19. The smallest absolute Gasteiger partial charge is 0.277 e. The van der Waals surface area contributed by atoms with Crippen LogP contribution in [0.1, 0.15) is 6.92 Å². The van der Waals surface area contributed by atoms with Gasteiger partial charge in [0, 0.05) is 12.1 Å². The number of likely N-dealkylation sites (N-methyl/N-ethyl adjacent to an activating group) is 1. The average Bonchev–Trinajstić information content (AvgIpc) is 2.55. The van der Waals surface area contributed by atoms with Gasteiger partial charge in [-0.1, -0.05) is 23.2 Å². The summed E-state index contributed by atoms with van der Waals surface area (Å²) in [5.41, 5.74) is 0. The first kappa shape index (κ1) is 18.5. The van der Waals surface area contributed by atoms with Crippen molar-refractivity contribution in [1.29, 1.82) is 0 Å². The molecule has 1 fully saturated rings. The molecule has 1 amide bonds. The quantitative estimate of drug-likeness (QED) is 0.773. The largest absolute Gasteiger partial charge is 0.354 e. The summed E-state index contributed by atoms with van der Waals surface area (Å²) in [5, 5.41) is 3.10. The zero-order valence-electron chi connectivity index (χ0n) is 13.0. The Morgan fingerprint density at radius 1 is 1.30 bits per heavy atom. The maximum atomic E-state index is 12.7. The second kappa shape index (κ2) is 7.36. The van der Waals surface area contributed by atoms with Crippen LogP contribution in [-0.2, 0) is 14.8 Å². The molecule has 0 spiro atoms. The Hall–Kier alpha value is -0.860. The van der Waals surface area contributed by atoms with Crippen molar-refractivity contribution in [3.05, 3.63) is 28.2 Å².